The van der Waals surface area contributed by atoms with Crippen molar-refractivity contribution in [3.63, 3.8) is 0 Å². The molecule has 4 nitrogen and oxygen atoms in total. The third-order valence-corrected chi connectivity index (χ3v) is 2.79. The van der Waals surface area contributed by atoms with E-state index in [1.807, 2.05) is 6.92 Å². The first-order valence-electron chi connectivity index (χ1n) is 5.67. The Kier molecular flexibility index (Phi) is 3.67. The molecule has 0 spiro atoms. The van der Waals surface area contributed by atoms with Crippen LogP contribution in [0, 0.1) is 0 Å². The summed E-state index contributed by atoms with van der Waals surface area (Å²) in [6.45, 7) is 1.93. The van der Waals surface area contributed by atoms with E-state index in [0.717, 1.165) is 6.42 Å². The molecule has 1 heterocycles. The number of benzene rings is 1. The van der Waals surface area contributed by atoms with Crippen molar-refractivity contribution in [3.05, 3.63) is 35.0 Å². The van der Waals surface area contributed by atoms with Gasteiger partial charge in [-0.15, -0.1) is 0 Å². The lowest BCUT2D eigenvalue weighted by Gasteiger charge is -2.01. The largest absolute Gasteiger partial charge is 0.398 e. The van der Waals surface area contributed by atoms with Crippen molar-refractivity contribution in [2.75, 3.05) is 5.73 Å². The quantitative estimate of drug-likeness (QED) is 0.677. The molecule has 2 rings (SSSR count). The van der Waals surface area contributed by atoms with Crippen LogP contribution in [0.3, 0.4) is 0 Å². The van der Waals surface area contributed by atoms with Crippen molar-refractivity contribution in [2.24, 2.45) is 0 Å². The number of aromatic nitrogens is 1. The van der Waals surface area contributed by atoms with E-state index in [1.165, 1.54) is 0 Å². The van der Waals surface area contributed by atoms with E-state index in [1.54, 1.807) is 24.3 Å². The number of ketones is 1. The Hall–Kier alpha value is -1.81. The molecule has 0 atom stereocenters. The van der Waals surface area contributed by atoms with Crippen molar-refractivity contribution in [2.45, 2.75) is 19.8 Å². The Labute approximate surface area is 110 Å². The van der Waals surface area contributed by atoms with Crippen LogP contribution in [0.1, 0.15) is 30.3 Å². The maximum absolute atomic E-state index is 11.7. The van der Waals surface area contributed by atoms with Crippen LogP contribution in [0.25, 0.3) is 11.3 Å². The van der Waals surface area contributed by atoms with Crippen molar-refractivity contribution in [3.8, 4) is 11.3 Å². The molecule has 0 unspecified atom stereocenters. The van der Waals surface area contributed by atoms with Gasteiger partial charge in [-0.25, -0.2) is 0 Å². The van der Waals surface area contributed by atoms with E-state index in [4.69, 9.17) is 21.9 Å². The molecule has 94 valence electrons. The fourth-order valence-electron chi connectivity index (χ4n) is 1.63. The molecule has 2 aromatic rings. The predicted octanol–water partition coefficient (Wildman–Crippen LogP) is 3.56. The number of nitrogens with zero attached hydrogens (tertiary/aromatic N) is 1. The van der Waals surface area contributed by atoms with Crippen LogP contribution < -0.4 is 5.73 Å². The Bertz CT molecular complexity index is 578. The van der Waals surface area contributed by atoms with Crippen LogP contribution >= 0.6 is 11.6 Å². The van der Waals surface area contributed by atoms with E-state index < -0.39 is 0 Å². The van der Waals surface area contributed by atoms with Crippen LogP contribution in [-0.2, 0) is 0 Å². The van der Waals surface area contributed by atoms with Gasteiger partial charge in [-0.05, 0) is 24.6 Å². The molecule has 0 fully saturated rings. The normalized spacial score (nSPS) is 10.6. The minimum absolute atomic E-state index is 0.0585. The van der Waals surface area contributed by atoms with Gasteiger partial charge in [0.1, 0.15) is 5.69 Å². The monoisotopic (exact) mass is 264 g/mol. The third-order valence-electron chi connectivity index (χ3n) is 2.55. The summed E-state index contributed by atoms with van der Waals surface area (Å²) in [5.41, 5.74) is 7.57. The van der Waals surface area contributed by atoms with Crippen molar-refractivity contribution < 1.29 is 9.32 Å². The zero-order valence-corrected chi connectivity index (χ0v) is 10.7. The first-order valence-corrected chi connectivity index (χ1v) is 6.05. The van der Waals surface area contributed by atoms with E-state index >= 15 is 0 Å². The summed E-state index contributed by atoms with van der Waals surface area (Å²) in [7, 11) is 0. The van der Waals surface area contributed by atoms with Crippen molar-refractivity contribution >= 4 is 23.1 Å². The average molecular weight is 265 g/mol. The molecule has 1 aromatic carbocycles. The van der Waals surface area contributed by atoms with E-state index in [0.29, 0.717) is 28.4 Å². The standard InChI is InChI=1S/C13H13ClN2O2/c1-2-3-12(17)13-7-11(16-18-13)9-6-8(14)4-5-10(9)15/h4-7H,2-3,15H2,1H3. The highest BCUT2D eigenvalue weighted by molar-refractivity contribution is 6.31. The number of carbonyl (C=O) groups is 1. The minimum Gasteiger partial charge on any atom is -0.398 e. The van der Waals surface area contributed by atoms with Crippen LogP contribution in [0.5, 0.6) is 0 Å². The van der Waals surface area contributed by atoms with E-state index in [2.05, 4.69) is 5.16 Å². The number of nitrogen functional groups attached to an aromatic ring is 1. The third kappa shape index (κ3) is 2.54. The van der Waals surface area contributed by atoms with Gasteiger partial charge in [0.15, 0.2) is 0 Å². The molecular weight excluding hydrogens is 252 g/mol. The van der Waals surface area contributed by atoms with Gasteiger partial charge >= 0.3 is 0 Å². The second kappa shape index (κ2) is 5.23. The van der Waals surface area contributed by atoms with Crippen LogP contribution in [-0.4, -0.2) is 10.9 Å². The number of hydrogen-bond acceptors (Lipinski definition) is 4. The van der Waals surface area contributed by atoms with Gasteiger partial charge in [-0.2, -0.15) is 0 Å². The second-order valence-electron chi connectivity index (χ2n) is 3.98. The lowest BCUT2D eigenvalue weighted by Crippen LogP contribution is -1.95. The maximum atomic E-state index is 11.7. The van der Waals surface area contributed by atoms with Gasteiger partial charge in [-0.1, -0.05) is 23.7 Å². The molecule has 2 N–H and O–H groups in total. The number of rotatable bonds is 4. The summed E-state index contributed by atoms with van der Waals surface area (Å²) in [6, 6.07) is 6.69. The molecule has 5 heteroatoms. The molecule has 0 aliphatic rings. The molecule has 0 aliphatic carbocycles. The lowest BCUT2D eigenvalue weighted by molar-refractivity contribution is 0.0946. The first-order chi connectivity index (χ1) is 8.61. The van der Waals surface area contributed by atoms with Crippen LogP contribution in [0.15, 0.2) is 28.8 Å². The molecule has 1 aromatic heterocycles. The second-order valence-corrected chi connectivity index (χ2v) is 4.42. The summed E-state index contributed by atoms with van der Waals surface area (Å²) in [5, 5.41) is 4.42. The van der Waals surface area contributed by atoms with Crippen molar-refractivity contribution in [1.29, 1.82) is 0 Å². The maximum Gasteiger partial charge on any atom is 0.203 e. The zero-order chi connectivity index (χ0) is 13.1. The number of anilines is 1. The fraction of sp³-hybridized carbons (Fsp3) is 0.231. The van der Waals surface area contributed by atoms with Crippen LogP contribution in [0.2, 0.25) is 5.02 Å². The predicted molar refractivity (Wildman–Crippen MR) is 70.6 cm³/mol. The number of hydrogen-bond donors (Lipinski definition) is 1. The van der Waals surface area contributed by atoms with Gasteiger partial charge in [0.05, 0.1) is 0 Å². The van der Waals surface area contributed by atoms with E-state index in [-0.39, 0.29) is 11.5 Å². The zero-order valence-electron chi connectivity index (χ0n) is 9.94. The van der Waals surface area contributed by atoms with Gasteiger partial charge in [0, 0.05) is 28.8 Å². The molecular formula is C13H13ClN2O2. The molecule has 0 radical (unpaired) electrons. The average Bonchev–Trinajstić information content (AvgIpc) is 2.82. The summed E-state index contributed by atoms with van der Waals surface area (Å²) >= 11 is 5.90. The van der Waals surface area contributed by atoms with Crippen LogP contribution in [0.4, 0.5) is 5.69 Å². The molecule has 0 saturated heterocycles. The molecule has 0 bridgehead atoms. The van der Waals surface area contributed by atoms with Gasteiger partial charge < -0.3 is 10.3 Å². The lowest BCUT2D eigenvalue weighted by atomic mass is 10.1. The van der Waals surface area contributed by atoms with E-state index in [9.17, 15) is 4.79 Å². The highest BCUT2D eigenvalue weighted by Crippen LogP contribution is 2.28. The topological polar surface area (TPSA) is 69.1 Å². The summed E-state index contributed by atoms with van der Waals surface area (Å²) < 4.78 is 5.03. The smallest absolute Gasteiger partial charge is 0.203 e. The Balaban J connectivity index is 2.35. The molecule has 0 aliphatic heterocycles. The molecule has 0 amide bonds. The Morgan fingerprint density at radius 1 is 1.44 bits per heavy atom. The Morgan fingerprint density at radius 3 is 2.94 bits per heavy atom. The fourth-order valence-corrected chi connectivity index (χ4v) is 1.81. The van der Waals surface area contributed by atoms with Gasteiger partial charge in [0.2, 0.25) is 11.5 Å². The number of carbonyl (C=O) groups excluding carboxylic acids is 1. The highest BCUT2D eigenvalue weighted by Gasteiger charge is 2.14. The first kappa shape index (κ1) is 12.6. The number of nitrogens with two attached hydrogens (primary N) is 1. The summed E-state index contributed by atoms with van der Waals surface area (Å²) in [5.74, 6) is 0.197. The number of Topliss-reactive ketones (excluding diaryl/α,β-unsaturated/α-hetero) is 1. The number of halogens is 1. The minimum atomic E-state index is -0.0585. The molecule has 18 heavy (non-hydrogen) atoms. The SMILES string of the molecule is CCCC(=O)c1cc(-c2cc(Cl)ccc2N)no1. The molecule has 0 saturated carbocycles. The summed E-state index contributed by atoms with van der Waals surface area (Å²) in [4.78, 5) is 11.7. The van der Waals surface area contributed by atoms with Gasteiger partial charge in [-0.3, -0.25) is 4.79 Å². The van der Waals surface area contributed by atoms with Gasteiger partial charge in [0.25, 0.3) is 0 Å². The summed E-state index contributed by atoms with van der Waals surface area (Å²) in [6.07, 6.45) is 1.22. The Morgan fingerprint density at radius 2 is 2.22 bits per heavy atom. The highest BCUT2D eigenvalue weighted by atomic mass is 35.5. The van der Waals surface area contributed by atoms with Crippen molar-refractivity contribution in [1.82, 2.24) is 5.16 Å².